The van der Waals surface area contributed by atoms with Gasteiger partial charge in [-0.2, -0.15) is 0 Å². The predicted molar refractivity (Wildman–Crippen MR) is 63.9 cm³/mol. The maximum absolute atomic E-state index is 11.4. The Kier molecular flexibility index (Phi) is 6.26. The van der Waals surface area contributed by atoms with Crippen LogP contribution in [0.25, 0.3) is 0 Å². The predicted octanol–water partition coefficient (Wildman–Crippen LogP) is 0.0844. The fourth-order valence-electron chi connectivity index (χ4n) is 1.72. The van der Waals surface area contributed by atoms with Crippen LogP contribution in [0.1, 0.15) is 25.7 Å². The molecule has 0 aromatic heterocycles. The van der Waals surface area contributed by atoms with Crippen molar-refractivity contribution in [3.8, 4) is 0 Å². The summed E-state index contributed by atoms with van der Waals surface area (Å²) in [7, 11) is -1.37. The molecular formula is C10H22N2O3S. The normalized spacial score (nSPS) is 22.2. The largest absolute Gasteiger partial charge is 0.378 e. The number of nitrogens with one attached hydrogen (secondary N) is 2. The van der Waals surface area contributed by atoms with Gasteiger partial charge >= 0.3 is 0 Å². The van der Waals surface area contributed by atoms with Crippen LogP contribution < -0.4 is 10.0 Å². The Morgan fingerprint density at radius 2 is 2.12 bits per heavy atom. The summed E-state index contributed by atoms with van der Waals surface area (Å²) in [5.74, 6) is 0.134. The van der Waals surface area contributed by atoms with Crippen LogP contribution in [0.2, 0.25) is 0 Å². The summed E-state index contributed by atoms with van der Waals surface area (Å²) in [6.45, 7) is 1.78. The first kappa shape index (κ1) is 13.9. The average Bonchev–Trinajstić information content (AvgIpc) is 2.28. The number of sulfonamides is 1. The first-order valence-electron chi connectivity index (χ1n) is 5.87. The molecule has 0 amide bonds. The van der Waals surface area contributed by atoms with Crippen LogP contribution in [0.15, 0.2) is 0 Å². The van der Waals surface area contributed by atoms with Gasteiger partial charge in [0.15, 0.2) is 0 Å². The quantitative estimate of drug-likeness (QED) is 0.672. The number of hydrogen-bond donors (Lipinski definition) is 2. The first-order valence-corrected chi connectivity index (χ1v) is 7.53. The molecule has 5 nitrogen and oxygen atoms in total. The maximum atomic E-state index is 11.4. The van der Waals surface area contributed by atoms with Gasteiger partial charge in [0.2, 0.25) is 10.0 Å². The summed E-state index contributed by atoms with van der Waals surface area (Å²) >= 11 is 0. The van der Waals surface area contributed by atoms with Gasteiger partial charge in [0.25, 0.3) is 0 Å². The molecule has 1 aliphatic rings. The molecule has 1 unspecified atom stereocenters. The molecule has 1 atom stereocenters. The molecule has 0 saturated carbocycles. The Hall–Kier alpha value is -0.170. The number of ether oxygens (including phenoxy) is 1. The second-order valence-corrected chi connectivity index (χ2v) is 6.02. The van der Waals surface area contributed by atoms with Crippen molar-refractivity contribution in [2.75, 3.05) is 32.5 Å². The summed E-state index contributed by atoms with van der Waals surface area (Å²) in [6, 6.07) is 0. The third-order valence-electron chi connectivity index (χ3n) is 2.68. The van der Waals surface area contributed by atoms with Gasteiger partial charge in [-0.05, 0) is 32.7 Å². The highest BCUT2D eigenvalue weighted by molar-refractivity contribution is 7.89. The molecule has 0 spiro atoms. The Morgan fingerprint density at radius 3 is 2.75 bits per heavy atom. The Bertz CT molecular complexity index is 274. The Morgan fingerprint density at radius 1 is 1.31 bits per heavy atom. The third-order valence-corrected chi connectivity index (χ3v) is 4.07. The maximum Gasteiger partial charge on any atom is 0.212 e. The summed E-state index contributed by atoms with van der Waals surface area (Å²) < 4.78 is 31.0. The van der Waals surface area contributed by atoms with E-state index in [1.54, 1.807) is 7.05 Å². The van der Waals surface area contributed by atoms with Gasteiger partial charge in [0, 0.05) is 19.7 Å². The monoisotopic (exact) mass is 250 g/mol. The summed E-state index contributed by atoms with van der Waals surface area (Å²) in [5.41, 5.74) is 0. The highest BCUT2D eigenvalue weighted by Crippen LogP contribution is 2.14. The van der Waals surface area contributed by atoms with Crippen molar-refractivity contribution in [2.24, 2.45) is 0 Å². The summed E-state index contributed by atoms with van der Waals surface area (Å²) in [6.07, 6.45) is 4.39. The molecule has 6 heteroatoms. The van der Waals surface area contributed by atoms with E-state index < -0.39 is 10.0 Å². The zero-order chi connectivity index (χ0) is 11.9. The third kappa shape index (κ3) is 5.79. The lowest BCUT2D eigenvalue weighted by Gasteiger charge is -2.22. The van der Waals surface area contributed by atoms with Crippen LogP contribution in [-0.2, 0) is 14.8 Å². The van der Waals surface area contributed by atoms with Crippen LogP contribution in [0.4, 0.5) is 0 Å². The van der Waals surface area contributed by atoms with Crippen LogP contribution in [0.5, 0.6) is 0 Å². The van der Waals surface area contributed by atoms with Crippen molar-refractivity contribution in [1.29, 1.82) is 0 Å². The van der Waals surface area contributed by atoms with Gasteiger partial charge < -0.3 is 10.1 Å². The number of hydrogen-bond acceptors (Lipinski definition) is 4. The van der Waals surface area contributed by atoms with Crippen molar-refractivity contribution in [1.82, 2.24) is 10.0 Å². The van der Waals surface area contributed by atoms with Gasteiger partial charge in [-0.25, -0.2) is 13.1 Å². The SMILES string of the molecule is CNCCS(=O)(=O)NCCC1CCCCO1. The van der Waals surface area contributed by atoms with Crippen molar-refractivity contribution in [3.63, 3.8) is 0 Å². The fourth-order valence-corrected chi connectivity index (χ4v) is 2.77. The second-order valence-electron chi connectivity index (χ2n) is 4.09. The second kappa shape index (κ2) is 7.21. The molecule has 1 heterocycles. The van der Waals surface area contributed by atoms with Gasteiger partial charge in [-0.1, -0.05) is 0 Å². The van der Waals surface area contributed by atoms with Crippen LogP contribution in [0.3, 0.4) is 0 Å². The minimum Gasteiger partial charge on any atom is -0.378 e. The van der Waals surface area contributed by atoms with Crippen molar-refractivity contribution in [3.05, 3.63) is 0 Å². The smallest absolute Gasteiger partial charge is 0.212 e. The molecule has 1 aliphatic heterocycles. The topological polar surface area (TPSA) is 67.4 Å². The lowest BCUT2D eigenvalue weighted by atomic mass is 10.1. The molecular weight excluding hydrogens is 228 g/mol. The molecule has 0 bridgehead atoms. The van der Waals surface area contributed by atoms with Crippen LogP contribution in [0, 0.1) is 0 Å². The van der Waals surface area contributed by atoms with Gasteiger partial charge in [-0.15, -0.1) is 0 Å². The average molecular weight is 250 g/mol. The molecule has 0 aromatic rings. The van der Waals surface area contributed by atoms with E-state index in [4.69, 9.17) is 4.74 Å². The molecule has 0 aliphatic carbocycles. The molecule has 1 rings (SSSR count). The van der Waals surface area contributed by atoms with Crippen LogP contribution >= 0.6 is 0 Å². The zero-order valence-corrected chi connectivity index (χ0v) is 10.7. The first-order chi connectivity index (χ1) is 7.64. The lowest BCUT2D eigenvalue weighted by Crippen LogP contribution is -2.33. The Balaban J connectivity index is 2.13. The van der Waals surface area contributed by atoms with Crippen molar-refractivity contribution in [2.45, 2.75) is 31.8 Å². The van der Waals surface area contributed by atoms with E-state index >= 15 is 0 Å². The molecule has 96 valence electrons. The van der Waals surface area contributed by atoms with E-state index in [2.05, 4.69) is 10.0 Å². The minimum atomic E-state index is -3.11. The van der Waals surface area contributed by atoms with E-state index in [0.29, 0.717) is 13.1 Å². The molecule has 0 radical (unpaired) electrons. The van der Waals surface area contributed by atoms with E-state index in [1.807, 2.05) is 0 Å². The van der Waals surface area contributed by atoms with Gasteiger partial charge in [0.1, 0.15) is 0 Å². The van der Waals surface area contributed by atoms with E-state index in [1.165, 1.54) is 6.42 Å². The molecule has 1 fully saturated rings. The summed E-state index contributed by atoms with van der Waals surface area (Å²) in [5, 5.41) is 2.82. The van der Waals surface area contributed by atoms with Crippen LogP contribution in [-0.4, -0.2) is 47.0 Å². The van der Waals surface area contributed by atoms with E-state index in [0.717, 1.165) is 25.9 Å². The minimum absolute atomic E-state index is 0.134. The lowest BCUT2D eigenvalue weighted by molar-refractivity contribution is 0.0123. The van der Waals surface area contributed by atoms with Crippen molar-refractivity contribution < 1.29 is 13.2 Å². The highest BCUT2D eigenvalue weighted by atomic mass is 32.2. The van der Waals surface area contributed by atoms with Crippen molar-refractivity contribution >= 4 is 10.0 Å². The molecule has 0 aromatic carbocycles. The zero-order valence-electron chi connectivity index (χ0n) is 9.87. The molecule has 1 saturated heterocycles. The van der Waals surface area contributed by atoms with E-state index in [9.17, 15) is 8.42 Å². The Labute approximate surface area is 98.0 Å². The molecule has 2 N–H and O–H groups in total. The van der Waals surface area contributed by atoms with Gasteiger partial charge in [-0.3, -0.25) is 0 Å². The van der Waals surface area contributed by atoms with E-state index in [-0.39, 0.29) is 11.9 Å². The summed E-state index contributed by atoms with van der Waals surface area (Å²) in [4.78, 5) is 0. The molecule has 16 heavy (non-hydrogen) atoms. The standard InChI is InChI=1S/C10H22N2O3S/c1-11-7-9-16(13,14)12-6-5-10-4-2-3-8-15-10/h10-12H,2-9H2,1H3. The van der Waals surface area contributed by atoms with Gasteiger partial charge in [0.05, 0.1) is 11.9 Å². The highest BCUT2D eigenvalue weighted by Gasteiger charge is 2.15. The number of rotatable bonds is 7. The fraction of sp³-hybridized carbons (Fsp3) is 1.00.